The fourth-order valence-electron chi connectivity index (χ4n) is 4.07. The van der Waals surface area contributed by atoms with Crippen LogP contribution in [0, 0.1) is 0 Å². The number of amides is 2. The van der Waals surface area contributed by atoms with E-state index in [4.69, 9.17) is 16.3 Å². The first-order valence-electron chi connectivity index (χ1n) is 11.8. The van der Waals surface area contributed by atoms with Crippen LogP contribution in [-0.2, 0) is 21.5 Å². The molecule has 1 aliphatic carbocycles. The van der Waals surface area contributed by atoms with Gasteiger partial charge in [0.2, 0.25) is 5.91 Å². The second kappa shape index (κ2) is 11.6. The first kappa shape index (κ1) is 26.6. The number of halogens is 2. The summed E-state index contributed by atoms with van der Waals surface area (Å²) in [5.74, 6) is 0.205. The van der Waals surface area contributed by atoms with E-state index in [1.807, 2.05) is 30.3 Å². The smallest absolute Gasteiger partial charge is 0.261 e. The second-order valence-electron chi connectivity index (χ2n) is 10.00. The molecule has 34 heavy (non-hydrogen) atoms. The van der Waals surface area contributed by atoms with Crippen molar-refractivity contribution >= 4 is 39.3 Å². The van der Waals surface area contributed by atoms with Crippen LogP contribution in [0.5, 0.6) is 5.75 Å². The average molecular weight is 550 g/mol. The van der Waals surface area contributed by atoms with Crippen LogP contribution in [-0.4, -0.2) is 35.4 Å². The summed E-state index contributed by atoms with van der Waals surface area (Å²) in [6.07, 6.45) is 4.24. The van der Waals surface area contributed by atoms with Crippen LogP contribution < -0.4 is 10.1 Å². The van der Waals surface area contributed by atoms with E-state index in [1.165, 1.54) is 5.56 Å². The van der Waals surface area contributed by atoms with Gasteiger partial charge in [0.1, 0.15) is 11.8 Å². The fourth-order valence-corrected chi connectivity index (χ4v) is 4.69. The molecule has 1 fully saturated rings. The first-order valence-corrected chi connectivity index (χ1v) is 13.0. The molecule has 2 aromatic carbocycles. The number of carbonyl (C=O) groups excluding carboxylic acids is 2. The SMILES string of the molecule is CC(C(=O)NC1CCCC1)N(Cc1ccc(Cl)cc1)C(=O)COc1ccc(C(C)(C)C)cc1Br. The van der Waals surface area contributed by atoms with Crippen LogP contribution in [0.25, 0.3) is 0 Å². The van der Waals surface area contributed by atoms with Gasteiger partial charge in [0.25, 0.3) is 5.91 Å². The molecular formula is C27H34BrClN2O3. The summed E-state index contributed by atoms with van der Waals surface area (Å²) in [4.78, 5) is 27.8. The zero-order valence-electron chi connectivity index (χ0n) is 20.4. The largest absolute Gasteiger partial charge is 0.483 e. The Morgan fingerprint density at radius 2 is 1.79 bits per heavy atom. The van der Waals surface area contributed by atoms with Crippen molar-refractivity contribution in [2.24, 2.45) is 0 Å². The summed E-state index contributed by atoms with van der Waals surface area (Å²) in [6.45, 7) is 8.33. The molecule has 1 unspecified atom stereocenters. The summed E-state index contributed by atoms with van der Waals surface area (Å²) >= 11 is 9.58. The number of benzene rings is 2. The molecule has 1 aliphatic rings. The predicted molar refractivity (Wildman–Crippen MR) is 140 cm³/mol. The number of hydrogen-bond donors (Lipinski definition) is 1. The number of ether oxygens (including phenoxy) is 1. The molecule has 0 aliphatic heterocycles. The van der Waals surface area contributed by atoms with Crippen LogP contribution >= 0.6 is 27.5 Å². The molecule has 1 N–H and O–H groups in total. The van der Waals surface area contributed by atoms with Crippen molar-refractivity contribution in [3.8, 4) is 5.75 Å². The predicted octanol–water partition coefficient (Wildman–Crippen LogP) is 6.25. The fraction of sp³-hybridized carbons (Fsp3) is 0.481. The van der Waals surface area contributed by atoms with E-state index in [9.17, 15) is 9.59 Å². The third-order valence-electron chi connectivity index (χ3n) is 6.28. The quantitative estimate of drug-likeness (QED) is 0.423. The maximum atomic E-state index is 13.3. The van der Waals surface area contributed by atoms with Crippen molar-refractivity contribution in [2.45, 2.75) is 77.4 Å². The highest BCUT2D eigenvalue weighted by molar-refractivity contribution is 9.10. The minimum Gasteiger partial charge on any atom is -0.483 e. The molecule has 3 rings (SSSR count). The number of nitrogens with zero attached hydrogens (tertiary/aromatic N) is 1. The lowest BCUT2D eigenvalue weighted by Crippen LogP contribution is -2.50. The maximum absolute atomic E-state index is 13.3. The monoisotopic (exact) mass is 548 g/mol. The standard InChI is InChI=1S/C27H34BrClN2O3/c1-18(26(33)30-22-7-5-6-8-22)31(16-19-9-12-21(29)13-10-19)25(32)17-34-24-14-11-20(15-23(24)28)27(2,3)4/h9-15,18,22H,5-8,16-17H2,1-4H3,(H,30,33). The third kappa shape index (κ3) is 7.22. The van der Waals surface area contributed by atoms with E-state index in [-0.39, 0.29) is 29.9 Å². The Bertz CT molecular complexity index is 998. The molecule has 0 aromatic heterocycles. The van der Waals surface area contributed by atoms with E-state index in [0.717, 1.165) is 35.7 Å². The number of hydrogen-bond acceptors (Lipinski definition) is 3. The molecule has 2 aromatic rings. The van der Waals surface area contributed by atoms with Crippen molar-refractivity contribution in [3.05, 3.63) is 63.1 Å². The Kier molecular flexibility index (Phi) is 9.05. The molecular weight excluding hydrogens is 516 g/mol. The van der Waals surface area contributed by atoms with Crippen LogP contribution in [0.1, 0.15) is 64.5 Å². The first-order chi connectivity index (χ1) is 16.0. The van der Waals surface area contributed by atoms with Gasteiger partial charge >= 0.3 is 0 Å². The summed E-state index contributed by atoms with van der Waals surface area (Å²) in [7, 11) is 0. The normalized spacial score (nSPS) is 15.1. The molecule has 7 heteroatoms. The molecule has 2 amide bonds. The van der Waals surface area contributed by atoms with E-state index >= 15 is 0 Å². The average Bonchev–Trinajstić information content (AvgIpc) is 3.29. The highest BCUT2D eigenvalue weighted by Gasteiger charge is 2.29. The summed E-state index contributed by atoms with van der Waals surface area (Å²) < 4.78 is 6.67. The molecule has 184 valence electrons. The Hall–Kier alpha value is -2.05. The number of rotatable bonds is 8. The van der Waals surface area contributed by atoms with Gasteiger partial charge in [-0.2, -0.15) is 0 Å². The molecule has 0 spiro atoms. The minimum absolute atomic E-state index is 0.00829. The topological polar surface area (TPSA) is 58.6 Å². The lowest BCUT2D eigenvalue weighted by molar-refractivity contribution is -0.142. The van der Waals surface area contributed by atoms with Gasteiger partial charge in [-0.05, 0) is 76.5 Å². The Morgan fingerprint density at radius 1 is 1.15 bits per heavy atom. The van der Waals surface area contributed by atoms with Gasteiger partial charge in [0.05, 0.1) is 4.47 Å². The number of nitrogens with one attached hydrogen (secondary N) is 1. The Balaban J connectivity index is 1.72. The molecule has 0 heterocycles. The van der Waals surface area contributed by atoms with Crippen molar-refractivity contribution in [3.63, 3.8) is 0 Å². The molecule has 1 saturated carbocycles. The van der Waals surface area contributed by atoms with Crippen molar-refractivity contribution in [1.29, 1.82) is 0 Å². The van der Waals surface area contributed by atoms with Gasteiger partial charge < -0.3 is 15.0 Å². The zero-order chi connectivity index (χ0) is 24.9. The van der Waals surface area contributed by atoms with Gasteiger partial charge in [-0.15, -0.1) is 0 Å². The van der Waals surface area contributed by atoms with Gasteiger partial charge in [-0.25, -0.2) is 0 Å². The van der Waals surface area contributed by atoms with Crippen LogP contribution in [0.2, 0.25) is 5.02 Å². The van der Waals surface area contributed by atoms with Gasteiger partial charge in [-0.3, -0.25) is 9.59 Å². The maximum Gasteiger partial charge on any atom is 0.261 e. The van der Waals surface area contributed by atoms with Gasteiger partial charge in [0.15, 0.2) is 6.61 Å². The second-order valence-corrected chi connectivity index (χ2v) is 11.3. The Morgan fingerprint density at radius 3 is 2.38 bits per heavy atom. The van der Waals surface area contributed by atoms with Crippen LogP contribution in [0.4, 0.5) is 0 Å². The zero-order valence-corrected chi connectivity index (χ0v) is 22.7. The van der Waals surface area contributed by atoms with Crippen LogP contribution in [0.3, 0.4) is 0 Å². The van der Waals surface area contributed by atoms with E-state index in [0.29, 0.717) is 17.3 Å². The van der Waals surface area contributed by atoms with Crippen molar-refractivity contribution < 1.29 is 14.3 Å². The third-order valence-corrected chi connectivity index (χ3v) is 7.16. The molecule has 0 bridgehead atoms. The van der Waals surface area contributed by atoms with E-state index in [1.54, 1.807) is 24.0 Å². The lowest BCUT2D eigenvalue weighted by Gasteiger charge is -2.30. The molecule has 1 atom stereocenters. The van der Waals surface area contributed by atoms with Gasteiger partial charge in [-0.1, -0.05) is 63.4 Å². The summed E-state index contributed by atoms with van der Waals surface area (Å²) in [5, 5.41) is 3.74. The lowest BCUT2D eigenvalue weighted by atomic mass is 9.87. The summed E-state index contributed by atoms with van der Waals surface area (Å²) in [6, 6.07) is 12.8. The molecule has 0 saturated heterocycles. The number of carbonyl (C=O) groups is 2. The minimum atomic E-state index is -0.626. The van der Waals surface area contributed by atoms with Crippen molar-refractivity contribution in [2.75, 3.05) is 6.61 Å². The van der Waals surface area contributed by atoms with Gasteiger partial charge in [0, 0.05) is 17.6 Å². The van der Waals surface area contributed by atoms with Crippen molar-refractivity contribution in [1.82, 2.24) is 10.2 Å². The van der Waals surface area contributed by atoms with E-state index in [2.05, 4.69) is 42.0 Å². The van der Waals surface area contributed by atoms with Crippen LogP contribution in [0.15, 0.2) is 46.9 Å². The Labute approximate surface area is 216 Å². The highest BCUT2D eigenvalue weighted by Crippen LogP contribution is 2.31. The highest BCUT2D eigenvalue weighted by atomic mass is 79.9. The summed E-state index contributed by atoms with van der Waals surface area (Å²) in [5.41, 5.74) is 2.07. The molecule has 5 nitrogen and oxygen atoms in total. The molecule has 0 radical (unpaired) electrons. The van der Waals surface area contributed by atoms with E-state index < -0.39 is 6.04 Å².